The van der Waals surface area contributed by atoms with Gasteiger partial charge in [-0.2, -0.15) is 5.10 Å². The average Bonchev–Trinajstić information content (AvgIpc) is 2.72. The fourth-order valence-corrected chi connectivity index (χ4v) is 2.72. The summed E-state index contributed by atoms with van der Waals surface area (Å²) in [5.41, 5.74) is 4.40. The molecule has 9 nitrogen and oxygen atoms in total. The molecule has 3 amide bonds. The Labute approximate surface area is 173 Å². The van der Waals surface area contributed by atoms with E-state index >= 15 is 0 Å². The third-order valence-corrected chi connectivity index (χ3v) is 4.06. The van der Waals surface area contributed by atoms with Gasteiger partial charge in [0.2, 0.25) is 11.8 Å². The number of amides is 3. The van der Waals surface area contributed by atoms with Crippen LogP contribution in [0.25, 0.3) is 0 Å². The highest BCUT2D eigenvalue weighted by Crippen LogP contribution is 2.32. The van der Waals surface area contributed by atoms with Crippen LogP contribution in [0.2, 0.25) is 0 Å². The SMILES string of the molecule is CC(=O)Nc1ccc(C(=O)N/N=C(\C)CC(=O)Nc2ccc3c(c2)OCCO3)cc1. The van der Waals surface area contributed by atoms with Crippen LogP contribution >= 0.6 is 0 Å². The molecule has 0 fully saturated rings. The number of hydrazone groups is 1. The van der Waals surface area contributed by atoms with Crippen molar-refractivity contribution in [2.75, 3.05) is 23.8 Å². The van der Waals surface area contributed by atoms with E-state index in [4.69, 9.17) is 9.47 Å². The molecule has 3 rings (SSSR count). The van der Waals surface area contributed by atoms with Crippen LogP contribution in [-0.2, 0) is 9.59 Å². The maximum atomic E-state index is 12.2. The van der Waals surface area contributed by atoms with Crippen molar-refractivity contribution >= 4 is 34.8 Å². The van der Waals surface area contributed by atoms with E-state index in [1.165, 1.54) is 6.92 Å². The van der Waals surface area contributed by atoms with Gasteiger partial charge in [0, 0.05) is 35.6 Å². The van der Waals surface area contributed by atoms with Crippen molar-refractivity contribution in [3.63, 3.8) is 0 Å². The van der Waals surface area contributed by atoms with E-state index in [-0.39, 0.29) is 18.2 Å². The van der Waals surface area contributed by atoms with E-state index in [1.807, 2.05) is 0 Å². The molecule has 3 N–H and O–H groups in total. The van der Waals surface area contributed by atoms with Crippen molar-refractivity contribution in [3.05, 3.63) is 48.0 Å². The summed E-state index contributed by atoms with van der Waals surface area (Å²) in [7, 11) is 0. The quantitative estimate of drug-likeness (QED) is 0.500. The monoisotopic (exact) mass is 410 g/mol. The number of benzene rings is 2. The van der Waals surface area contributed by atoms with Crippen LogP contribution < -0.4 is 25.5 Å². The predicted molar refractivity (Wildman–Crippen MR) is 112 cm³/mol. The van der Waals surface area contributed by atoms with Gasteiger partial charge in [-0.1, -0.05) is 0 Å². The zero-order valence-electron chi connectivity index (χ0n) is 16.7. The molecule has 0 atom stereocenters. The number of nitrogens with zero attached hydrogens (tertiary/aromatic N) is 1. The highest BCUT2D eigenvalue weighted by Gasteiger charge is 2.13. The lowest BCUT2D eigenvalue weighted by molar-refractivity contribution is -0.115. The molecule has 2 aromatic rings. The fraction of sp³-hybridized carbons (Fsp3) is 0.238. The number of fused-ring (bicyclic) bond motifs is 1. The summed E-state index contributed by atoms with van der Waals surface area (Å²) in [5.74, 6) is 0.339. The molecule has 0 aliphatic carbocycles. The molecule has 0 aromatic heterocycles. The molecule has 0 spiro atoms. The Morgan fingerprint density at radius 2 is 1.57 bits per heavy atom. The fourth-order valence-electron chi connectivity index (χ4n) is 2.72. The van der Waals surface area contributed by atoms with Crippen LogP contribution in [0.1, 0.15) is 30.6 Å². The summed E-state index contributed by atoms with van der Waals surface area (Å²) in [5, 5.41) is 9.35. The van der Waals surface area contributed by atoms with Gasteiger partial charge in [0.15, 0.2) is 11.5 Å². The molecular weight excluding hydrogens is 388 g/mol. The van der Waals surface area contributed by atoms with Crippen molar-refractivity contribution in [2.24, 2.45) is 5.10 Å². The molecular formula is C21H22N4O5. The third kappa shape index (κ3) is 5.81. The minimum Gasteiger partial charge on any atom is -0.486 e. The predicted octanol–water partition coefficient (Wildman–Crippen LogP) is 2.55. The van der Waals surface area contributed by atoms with Gasteiger partial charge in [-0.3, -0.25) is 14.4 Å². The second kappa shape index (κ2) is 9.55. The molecule has 9 heteroatoms. The summed E-state index contributed by atoms with van der Waals surface area (Å²) in [6, 6.07) is 11.5. The zero-order chi connectivity index (χ0) is 21.5. The van der Waals surface area contributed by atoms with E-state index in [1.54, 1.807) is 49.4 Å². The first-order valence-electron chi connectivity index (χ1n) is 9.31. The molecule has 1 aliphatic heterocycles. The summed E-state index contributed by atoms with van der Waals surface area (Å²) in [6.45, 7) is 4.01. The number of hydrogen-bond donors (Lipinski definition) is 3. The van der Waals surface area contributed by atoms with Gasteiger partial charge in [-0.05, 0) is 43.3 Å². The molecule has 0 saturated carbocycles. The average molecular weight is 410 g/mol. The summed E-state index contributed by atoms with van der Waals surface area (Å²) < 4.78 is 10.9. The number of hydrogen-bond acceptors (Lipinski definition) is 6. The van der Waals surface area contributed by atoms with Crippen LogP contribution in [0.15, 0.2) is 47.6 Å². The number of rotatable bonds is 6. The standard InChI is InChI=1S/C21H22N4O5/c1-13(24-25-21(28)15-3-5-16(6-4-15)22-14(2)26)11-20(27)23-17-7-8-18-19(12-17)30-10-9-29-18/h3-8,12H,9-11H2,1-2H3,(H,22,26)(H,23,27)(H,25,28)/b24-13+. The molecule has 0 unspecified atom stereocenters. The first kappa shape index (κ1) is 20.8. The van der Waals surface area contributed by atoms with E-state index in [0.29, 0.717) is 47.4 Å². The van der Waals surface area contributed by atoms with E-state index in [0.717, 1.165) is 0 Å². The number of nitrogens with one attached hydrogen (secondary N) is 3. The smallest absolute Gasteiger partial charge is 0.271 e. The molecule has 156 valence electrons. The maximum absolute atomic E-state index is 12.2. The number of ether oxygens (including phenoxy) is 2. The Kier molecular flexibility index (Phi) is 6.63. The Balaban J connectivity index is 1.51. The normalized spacial score (nSPS) is 12.7. The van der Waals surface area contributed by atoms with Crippen LogP contribution in [0.4, 0.5) is 11.4 Å². The molecule has 0 bridgehead atoms. The first-order valence-corrected chi connectivity index (χ1v) is 9.31. The maximum Gasteiger partial charge on any atom is 0.271 e. The van der Waals surface area contributed by atoms with Crippen LogP contribution in [0, 0.1) is 0 Å². The second-order valence-corrected chi connectivity index (χ2v) is 6.63. The highest BCUT2D eigenvalue weighted by molar-refractivity contribution is 6.06. The summed E-state index contributed by atoms with van der Waals surface area (Å²) in [6.07, 6.45) is 0.0101. The molecule has 30 heavy (non-hydrogen) atoms. The molecule has 1 heterocycles. The first-order chi connectivity index (χ1) is 14.4. The lowest BCUT2D eigenvalue weighted by atomic mass is 10.2. The molecule has 0 saturated heterocycles. The largest absolute Gasteiger partial charge is 0.486 e. The van der Waals surface area contributed by atoms with Crippen molar-refractivity contribution < 1.29 is 23.9 Å². The lowest BCUT2D eigenvalue weighted by Crippen LogP contribution is -2.21. The van der Waals surface area contributed by atoms with Crippen molar-refractivity contribution in [2.45, 2.75) is 20.3 Å². The summed E-state index contributed by atoms with van der Waals surface area (Å²) in [4.78, 5) is 35.4. The van der Waals surface area contributed by atoms with Gasteiger partial charge in [-0.15, -0.1) is 0 Å². The third-order valence-electron chi connectivity index (χ3n) is 4.06. The highest BCUT2D eigenvalue weighted by atomic mass is 16.6. The second-order valence-electron chi connectivity index (χ2n) is 6.63. The van der Waals surface area contributed by atoms with Gasteiger partial charge in [-0.25, -0.2) is 5.43 Å². The minimum atomic E-state index is -0.420. The molecule has 0 radical (unpaired) electrons. The Hall–Kier alpha value is -3.88. The topological polar surface area (TPSA) is 118 Å². The van der Waals surface area contributed by atoms with E-state index in [2.05, 4.69) is 21.2 Å². The van der Waals surface area contributed by atoms with Gasteiger partial charge < -0.3 is 20.1 Å². The molecule has 1 aliphatic rings. The van der Waals surface area contributed by atoms with Gasteiger partial charge in [0.25, 0.3) is 5.91 Å². The Morgan fingerprint density at radius 1 is 0.900 bits per heavy atom. The Bertz CT molecular complexity index is 985. The van der Waals surface area contributed by atoms with Gasteiger partial charge in [0.05, 0.1) is 6.42 Å². The Morgan fingerprint density at radius 3 is 2.27 bits per heavy atom. The zero-order valence-corrected chi connectivity index (χ0v) is 16.7. The van der Waals surface area contributed by atoms with Gasteiger partial charge in [0.1, 0.15) is 13.2 Å². The lowest BCUT2D eigenvalue weighted by Gasteiger charge is -2.19. The minimum absolute atomic E-state index is 0.0101. The van der Waals surface area contributed by atoms with Crippen molar-refractivity contribution in [1.82, 2.24) is 5.43 Å². The van der Waals surface area contributed by atoms with Crippen molar-refractivity contribution in [1.29, 1.82) is 0 Å². The molecule has 2 aromatic carbocycles. The van der Waals surface area contributed by atoms with Crippen LogP contribution in [0.5, 0.6) is 11.5 Å². The van der Waals surface area contributed by atoms with Crippen molar-refractivity contribution in [3.8, 4) is 11.5 Å². The van der Waals surface area contributed by atoms with E-state index in [9.17, 15) is 14.4 Å². The number of anilines is 2. The van der Waals surface area contributed by atoms with Crippen LogP contribution in [0.3, 0.4) is 0 Å². The number of carbonyl (C=O) groups excluding carboxylic acids is 3. The summed E-state index contributed by atoms with van der Waals surface area (Å²) >= 11 is 0. The van der Waals surface area contributed by atoms with Crippen LogP contribution in [-0.4, -0.2) is 36.6 Å². The number of carbonyl (C=O) groups is 3. The van der Waals surface area contributed by atoms with Gasteiger partial charge >= 0.3 is 0 Å². The van der Waals surface area contributed by atoms with E-state index < -0.39 is 5.91 Å².